The van der Waals surface area contributed by atoms with E-state index >= 15 is 0 Å². The third-order valence-corrected chi connectivity index (χ3v) is 5.14. The lowest BCUT2D eigenvalue weighted by Gasteiger charge is -2.03. The Kier molecular flexibility index (Phi) is 5.07. The van der Waals surface area contributed by atoms with Gasteiger partial charge >= 0.3 is 0 Å². The Morgan fingerprint density at radius 3 is 2.56 bits per heavy atom. The first-order chi connectivity index (χ1) is 16.4. The molecule has 1 amide bonds. The molecule has 3 aromatic heterocycles. The fourth-order valence-electron chi connectivity index (χ4n) is 3.52. The third kappa shape index (κ3) is 3.86. The van der Waals surface area contributed by atoms with Gasteiger partial charge in [0.2, 0.25) is 0 Å². The van der Waals surface area contributed by atoms with Gasteiger partial charge in [0, 0.05) is 29.9 Å². The van der Waals surface area contributed by atoms with E-state index in [-0.39, 0.29) is 22.8 Å². The molecule has 0 unspecified atom stereocenters. The Bertz CT molecular complexity index is 1600. The predicted molar refractivity (Wildman–Crippen MR) is 120 cm³/mol. The number of halogens is 2. The molecular formula is C24H15F2N7O. The summed E-state index contributed by atoms with van der Waals surface area (Å²) in [5.41, 5.74) is 3.13. The van der Waals surface area contributed by atoms with Crippen LogP contribution in [0.15, 0.2) is 67.0 Å². The molecule has 0 fully saturated rings. The van der Waals surface area contributed by atoms with E-state index in [1.165, 1.54) is 35.0 Å². The van der Waals surface area contributed by atoms with Gasteiger partial charge in [-0.3, -0.25) is 9.48 Å². The highest BCUT2D eigenvalue weighted by Crippen LogP contribution is 2.30. The van der Waals surface area contributed by atoms with E-state index in [4.69, 9.17) is 5.26 Å². The maximum absolute atomic E-state index is 13.8. The van der Waals surface area contributed by atoms with Gasteiger partial charge in [-0.25, -0.2) is 18.3 Å². The second kappa shape index (κ2) is 8.22. The number of carbonyl (C=O) groups excluding carboxylic acids is 1. The standard InChI is InChI=1S/C24H15F2N7O/c1-32-12-18(23(31-32)14-4-6-17(25)7-5-14)20-8-9-22-28-21(13-33(22)30-20)29-24(34)15-2-3-16(11-27)19(26)10-15/h2-10,12-13H,1H3,(H,29,34). The van der Waals surface area contributed by atoms with Crippen LogP contribution in [0.5, 0.6) is 0 Å². The van der Waals surface area contributed by atoms with Gasteiger partial charge in [0.15, 0.2) is 11.5 Å². The van der Waals surface area contributed by atoms with Crippen molar-refractivity contribution in [1.29, 1.82) is 5.26 Å². The van der Waals surface area contributed by atoms with E-state index in [1.807, 2.05) is 6.20 Å². The number of rotatable bonds is 4. The Morgan fingerprint density at radius 2 is 1.82 bits per heavy atom. The minimum Gasteiger partial charge on any atom is -0.305 e. The lowest BCUT2D eigenvalue weighted by atomic mass is 10.1. The van der Waals surface area contributed by atoms with Gasteiger partial charge < -0.3 is 5.32 Å². The zero-order chi connectivity index (χ0) is 23.8. The van der Waals surface area contributed by atoms with Crippen molar-refractivity contribution in [2.24, 2.45) is 7.05 Å². The third-order valence-electron chi connectivity index (χ3n) is 5.14. The molecule has 10 heteroatoms. The van der Waals surface area contributed by atoms with Crippen LogP contribution in [-0.2, 0) is 7.05 Å². The first-order valence-electron chi connectivity index (χ1n) is 10.1. The van der Waals surface area contributed by atoms with Crippen LogP contribution in [0.25, 0.3) is 28.2 Å². The molecule has 0 bridgehead atoms. The Balaban J connectivity index is 1.45. The summed E-state index contributed by atoms with van der Waals surface area (Å²) in [5, 5.41) is 20.5. The molecule has 5 aromatic rings. The number of benzene rings is 2. The second-order valence-electron chi connectivity index (χ2n) is 7.48. The number of nitrogens with zero attached hydrogens (tertiary/aromatic N) is 6. The summed E-state index contributed by atoms with van der Waals surface area (Å²) in [6.07, 6.45) is 3.34. The van der Waals surface area contributed by atoms with Gasteiger partial charge in [-0.05, 0) is 54.6 Å². The van der Waals surface area contributed by atoms with Crippen LogP contribution in [0.4, 0.5) is 14.6 Å². The zero-order valence-corrected chi connectivity index (χ0v) is 17.7. The van der Waals surface area contributed by atoms with E-state index in [1.54, 1.807) is 42.1 Å². The number of aryl methyl sites for hydroxylation is 1. The Morgan fingerprint density at radius 1 is 1.03 bits per heavy atom. The van der Waals surface area contributed by atoms with Gasteiger partial charge in [0.1, 0.15) is 23.4 Å². The monoisotopic (exact) mass is 455 g/mol. The number of carbonyl (C=O) groups is 1. The summed E-state index contributed by atoms with van der Waals surface area (Å²) in [4.78, 5) is 16.8. The van der Waals surface area contributed by atoms with Crippen LogP contribution >= 0.6 is 0 Å². The van der Waals surface area contributed by atoms with Gasteiger partial charge in [-0.2, -0.15) is 15.5 Å². The SMILES string of the molecule is Cn1cc(-c2ccc3nc(NC(=O)c4ccc(C#N)c(F)c4)cn3n2)c(-c2ccc(F)cc2)n1. The van der Waals surface area contributed by atoms with Crippen molar-refractivity contribution >= 4 is 17.4 Å². The molecule has 2 aromatic carbocycles. The molecule has 0 saturated heterocycles. The van der Waals surface area contributed by atoms with Gasteiger partial charge in [-0.15, -0.1) is 0 Å². The van der Waals surface area contributed by atoms with Gasteiger partial charge in [0.25, 0.3) is 5.91 Å². The average molecular weight is 455 g/mol. The molecule has 0 aliphatic carbocycles. The van der Waals surface area contributed by atoms with E-state index in [2.05, 4.69) is 20.5 Å². The Hall–Kier alpha value is -4.91. The highest BCUT2D eigenvalue weighted by atomic mass is 19.1. The fraction of sp³-hybridized carbons (Fsp3) is 0.0417. The molecule has 166 valence electrons. The quantitative estimate of drug-likeness (QED) is 0.438. The van der Waals surface area contributed by atoms with Gasteiger partial charge in [-0.1, -0.05) is 0 Å². The highest BCUT2D eigenvalue weighted by molar-refractivity contribution is 6.04. The van der Waals surface area contributed by atoms with E-state index in [0.29, 0.717) is 17.0 Å². The number of amides is 1. The minimum atomic E-state index is -0.773. The molecule has 0 atom stereocenters. The van der Waals surface area contributed by atoms with Crippen molar-refractivity contribution in [1.82, 2.24) is 24.4 Å². The molecule has 1 N–H and O–H groups in total. The van der Waals surface area contributed by atoms with Crippen molar-refractivity contribution in [3.63, 3.8) is 0 Å². The number of aromatic nitrogens is 5. The molecule has 0 aliphatic heterocycles. The number of hydrogen-bond acceptors (Lipinski definition) is 5. The summed E-state index contributed by atoms with van der Waals surface area (Å²) in [6.45, 7) is 0. The topological polar surface area (TPSA) is 101 Å². The van der Waals surface area contributed by atoms with Crippen LogP contribution in [-0.4, -0.2) is 30.3 Å². The molecule has 0 saturated carbocycles. The summed E-state index contributed by atoms with van der Waals surface area (Å²) in [6, 6.07) is 14.9. The molecule has 3 heterocycles. The second-order valence-corrected chi connectivity index (χ2v) is 7.48. The normalized spacial score (nSPS) is 10.9. The summed E-state index contributed by atoms with van der Waals surface area (Å²) in [5.74, 6) is -1.45. The van der Waals surface area contributed by atoms with Crippen LogP contribution in [0.1, 0.15) is 15.9 Å². The molecule has 34 heavy (non-hydrogen) atoms. The maximum Gasteiger partial charge on any atom is 0.256 e. The van der Waals surface area contributed by atoms with Gasteiger partial charge in [0.05, 0.1) is 17.5 Å². The smallest absolute Gasteiger partial charge is 0.256 e. The summed E-state index contributed by atoms with van der Waals surface area (Å²) in [7, 11) is 1.78. The van der Waals surface area contributed by atoms with E-state index < -0.39 is 11.7 Å². The van der Waals surface area contributed by atoms with Crippen LogP contribution < -0.4 is 5.32 Å². The average Bonchev–Trinajstić information content (AvgIpc) is 3.41. The molecule has 5 rings (SSSR count). The maximum atomic E-state index is 13.8. The first-order valence-corrected chi connectivity index (χ1v) is 10.1. The van der Waals surface area contributed by atoms with Crippen molar-refractivity contribution in [3.05, 3.63) is 89.8 Å². The van der Waals surface area contributed by atoms with Crippen molar-refractivity contribution in [3.8, 4) is 28.6 Å². The number of anilines is 1. The van der Waals surface area contributed by atoms with E-state index in [9.17, 15) is 13.6 Å². The van der Waals surface area contributed by atoms with Crippen molar-refractivity contribution in [2.45, 2.75) is 0 Å². The Labute approximate surface area is 191 Å². The number of imidazole rings is 1. The number of fused-ring (bicyclic) bond motifs is 1. The molecular weight excluding hydrogens is 440 g/mol. The largest absolute Gasteiger partial charge is 0.305 e. The first kappa shape index (κ1) is 21.0. The van der Waals surface area contributed by atoms with Crippen LogP contribution in [0.2, 0.25) is 0 Å². The summed E-state index contributed by atoms with van der Waals surface area (Å²) < 4.78 is 30.3. The number of nitrogens with one attached hydrogen (secondary N) is 1. The van der Waals surface area contributed by atoms with Crippen molar-refractivity contribution in [2.75, 3.05) is 5.32 Å². The summed E-state index contributed by atoms with van der Waals surface area (Å²) >= 11 is 0. The van der Waals surface area contributed by atoms with Crippen LogP contribution in [0, 0.1) is 23.0 Å². The van der Waals surface area contributed by atoms with Crippen molar-refractivity contribution < 1.29 is 13.6 Å². The number of hydrogen-bond donors (Lipinski definition) is 1. The lowest BCUT2D eigenvalue weighted by molar-refractivity contribution is 0.102. The molecule has 8 nitrogen and oxygen atoms in total. The highest BCUT2D eigenvalue weighted by Gasteiger charge is 2.16. The molecule has 0 radical (unpaired) electrons. The lowest BCUT2D eigenvalue weighted by Crippen LogP contribution is -2.12. The molecule has 0 aliphatic rings. The van der Waals surface area contributed by atoms with E-state index in [0.717, 1.165) is 17.2 Å². The fourth-order valence-corrected chi connectivity index (χ4v) is 3.52. The minimum absolute atomic E-state index is 0.0569. The number of nitriles is 1. The predicted octanol–water partition coefficient (Wildman–Crippen LogP) is 4.20. The molecule has 0 spiro atoms. The van der Waals surface area contributed by atoms with Crippen LogP contribution in [0.3, 0.4) is 0 Å². The zero-order valence-electron chi connectivity index (χ0n) is 17.7.